The molecule has 0 saturated heterocycles. The lowest BCUT2D eigenvalue weighted by Crippen LogP contribution is -2.03. The summed E-state index contributed by atoms with van der Waals surface area (Å²) in [4.78, 5) is 0. The van der Waals surface area contributed by atoms with Crippen molar-refractivity contribution in [1.82, 2.24) is 0 Å². The summed E-state index contributed by atoms with van der Waals surface area (Å²) in [5, 5.41) is 13.6. The fourth-order valence-electron chi connectivity index (χ4n) is 2.61. The summed E-state index contributed by atoms with van der Waals surface area (Å²) in [5.41, 5.74) is 2.85. The molecule has 3 aromatic carbocycles. The second kappa shape index (κ2) is 5.28. The van der Waals surface area contributed by atoms with Crippen LogP contribution in [0.25, 0.3) is 10.8 Å². The van der Waals surface area contributed by atoms with Gasteiger partial charge in [-0.05, 0) is 46.5 Å². The first-order chi connectivity index (χ1) is 9.66. The Kier molecular flexibility index (Phi) is 3.47. The van der Waals surface area contributed by atoms with E-state index in [0.717, 1.165) is 27.5 Å². The number of rotatable bonds is 2. The molecule has 1 nitrogen and oxygen atoms in total. The molecular weight excluding hydrogens is 268 g/mol. The summed E-state index contributed by atoms with van der Waals surface area (Å²) < 4.78 is 0. The average molecular weight is 283 g/mol. The van der Waals surface area contributed by atoms with Crippen molar-refractivity contribution >= 4 is 22.4 Å². The summed E-state index contributed by atoms with van der Waals surface area (Å²) in [5.74, 6) is 0. The Morgan fingerprint density at radius 2 is 1.75 bits per heavy atom. The Morgan fingerprint density at radius 3 is 2.55 bits per heavy atom. The molecule has 0 bridgehead atoms. The van der Waals surface area contributed by atoms with Crippen LogP contribution in [0.15, 0.2) is 60.7 Å². The SMILES string of the molecule is Cc1ccc2ccccc2c1[C@@H](O)c1cccc(Cl)c1. The van der Waals surface area contributed by atoms with E-state index in [9.17, 15) is 5.11 Å². The van der Waals surface area contributed by atoms with Gasteiger partial charge in [-0.1, -0.05) is 60.1 Å². The van der Waals surface area contributed by atoms with Crippen molar-refractivity contribution in [3.63, 3.8) is 0 Å². The number of halogens is 1. The molecule has 20 heavy (non-hydrogen) atoms. The van der Waals surface area contributed by atoms with Gasteiger partial charge in [0.05, 0.1) is 0 Å². The molecule has 0 amide bonds. The van der Waals surface area contributed by atoms with E-state index in [1.165, 1.54) is 0 Å². The number of hydrogen-bond donors (Lipinski definition) is 1. The van der Waals surface area contributed by atoms with Crippen LogP contribution in [-0.2, 0) is 0 Å². The van der Waals surface area contributed by atoms with Crippen LogP contribution >= 0.6 is 11.6 Å². The number of fused-ring (bicyclic) bond motifs is 1. The van der Waals surface area contributed by atoms with Gasteiger partial charge in [0.15, 0.2) is 0 Å². The van der Waals surface area contributed by atoms with Crippen LogP contribution in [0, 0.1) is 6.92 Å². The van der Waals surface area contributed by atoms with Crippen molar-refractivity contribution in [2.45, 2.75) is 13.0 Å². The minimum atomic E-state index is -0.667. The molecule has 0 aliphatic rings. The van der Waals surface area contributed by atoms with Crippen molar-refractivity contribution in [2.24, 2.45) is 0 Å². The highest BCUT2D eigenvalue weighted by Gasteiger charge is 2.16. The largest absolute Gasteiger partial charge is 0.384 e. The summed E-state index contributed by atoms with van der Waals surface area (Å²) in [6, 6.07) is 19.6. The zero-order chi connectivity index (χ0) is 14.1. The van der Waals surface area contributed by atoms with Crippen LogP contribution < -0.4 is 0 Å². The van der Waals surface area contributed by atoms with E-state index < -0.39 is 6.10 Å². The van der Waals surface area contributed by atoms with Gasteiger partial charge in [0.1, 0.15) is 6.10 Å². The molecule has 0 saturated carbocycles. The third kappa shape index (κ3) is 2.31. The van der Waals surface area contributed by atoms with E-state index in [2.05, 4.69) is 12.1 Å². The molecule has 3 rings (SSSR count). The Balaban J connectivity index is 2.21. The van der Waals surface area contributed by atoms with Gasteiger partial charge in [0.25, 0.3) is 0 Å². The molecule has 2 heteroatoms. The predicted molar refractivity (Wildman–Crippen MR) is 84.2 cm³/mol. The van der Waals surface area contributed by atoms with Crippen LogP contribution in [0.2, 0.25) is 5.02 Å². The molecule has 0 unspecified atom stereocenters. The Bertz CT molecular complexity index is 764. The Labute approximate surface area is 123 Å². The maximum absolute atomic E-state index is 10.7. The molecular formula is C18H15ClO. The fraction of sp³-hybridized carbons (Fsp3) is 0.111. The lowest BCUT2D eigenvalue weighted by atomic mass is 9.92. The van der Waals surface area contributed by atoms with E-state index in [-0.39, 0.29) is 0 Å². The predicted octanol–water partition coefficient (Wildman–Crippen LogP) is 4.88. The Morgan fingerprint density at radius 1 is 0.950 bits per heavy atom. The van der Waals surface area contributed by atoms with Gasteiger partial charge >= 0.3 is 0 Å². The molecule has 1 N–H and O–H groups in total. The molecule has 100 valence electrons. The van der Waals surface area contributed by atoms with Crippen LogP contribution in [-0.4, -0.2) is 5.11 Å². The first-order valence-electron chi connectivity index (χ1n) is 6.58. The molecule has 1 atom stereocenters. The van der Waals surface area contributed by atoms with Crippen molar-refractivity contribution in [3.05, 3.63) is 82.4 Å². The summed E-state index contributed by atoms with van der Waals surface area (Å²) in [6.07, 6.45) is -0.667. The summed E-state index contributed by atoms with van der Waals surface area (Å²) in [7, 11) is 0. The lowest BCUT2D eigenvalue weighted by Gasteiger charge is -2.17. The first kappa shape index (κ1) is 13.2. The van der Waals surface area contributed by atoms with Crippen molar-refractivity contribution in [1.29, 1.82) is 0 Å². The Hall–Kier alpha value is -1.83. The number of hydrogen-bond acceptors (Lipinski definition) is 1. The van der Waals surface area contributed by atoms with E-state index in [1.807, 2.05) is 55.5 Å². The van der Waals surface area contributed by atoms with E-state index in [1.54, 1.807) is 0 Å². The van der Waals surface area contributed by atoms with E-state index in [4.69, 9.17) is 11.6 Å². The molecule has 0 aliphatic carbocycles. The molecule has 0 aromatic heterocycles. The maximum atomic E-state index is 10.7. The van der Waals surface area contributed by atoms with Crippen LogP contribution in [0.4, 0.5) is 0 Å². The van der Waals surface area contributed by atoms with Gasteiger partial charge < -0.3 is 5.11 Å². The zero-order valence-corrected chi connectivity index (χ0v) is 11.9. The van der Waals surface area contributed by atoms with Gasteiger partial charge in [-0.25, -0.2) is 0 Å². The molecule has 0 heterocycles. The highest BCUT2D eigenvalue weighted by molar-refractivity contribution is 6.30. The highest BCUT2D eigenvalue weighted by atomic mass is 35.5. The van der Waals surface area contributed by atoms with Crippen molar-refractivity contribution in [3.8, 4) is 0 Å². The normalized spacial score (nSPS) is 12.6. The third-order valence-electron chi connectivity index (χ3n) is 3.63. The van der Waals surface area contributed by atoms with Crippen LogP contribution in [0.3, 0.4) is 0 Å². The average Bonchev–Trinajstić information content (AvgIpc) is 2.46. The maximum Gasteiger partial charge on any atom is 0.105 e. The lowest BCUT2D eigenvalue weighted by molar-refractivity contribution is 0.221. The second-order valence-corrected chi connectivity index (χ2v) is 5.41. The van der Waals surface area contributed by atoms with Gasteiger partial charge in [-0.3, -0.25) is 0 Å². The number of aliphatic hydroxyl groups is 1. The fourth-order valence-corrected chi connectivity index (χ4v) is 2.81. The van der Waals surface area contributed by atoms with Gasteiger partial charge in [-0.2, -0.15) is 0 Å². The molecule has 0 aliphatic heterocycles. The molecule has 3 aromatic rings. The number of aliphatic hydroxyl groups excluding tert-OH is 1. The highest BCUT2D eigenvalue weighted by Crippen LogP contribution is 2.32. The van der Waals surface area contributed by atoms with Gasteiger partial charge in [0, 0.05) is 5.02 Å². The third-order valence-corrected chi connectivity index (χ3v) is 3.86. The van der Waals surface area contributed by atoms with Crippen LogP contribution in [0.1, 0.15) is 22.8 Å². The zero-order valence-electron chi connectivity index (χ0n) is 11.2. The quantitative estimate of drug-likeness (QED) is 0.710. The summed E-state index contributed by atoms with van der Waals surface area (Å²) >= 11 is 6.02. The van der Waals surface area contributed by atoms with Gasteiger partial charge in [-0.15, -0.1) is 0 Å². The molecule has 0 spiro atoms. The monoisotopic (exact) mass is 282 g/mol. The van der Waals surface area contributed by atoms with Crippen molar-refractivity contribution < 1.29 is 5.11 Å². The molecule has 0 fully saturated rings. The van der Waals surface area contributed by atoms with E-state index in [0.29, 0.717) is 5.02 Å². The smallest absolute Gasteiger partial charge is 0.105 e. The minimum Gasteiger partial charge on any atom is -0.384 e. The second-order valence-electron chi connectivity index (χ2n) is 4.97. The van der Waals surface area contributed by atoms with Gasteiger partial charge in [0.2, 0.25) is 0 Å². The van der Waals surface area contributed by atoms with Crippen molar-refractivity contribution in [2.75, 3.05) is 0 Å². The van der Waals surface area contributed by atoms with E-state index >= 15 is 0 Å². The molecule has 0 radical (unpaired) electrons. The summed E-state index contributed by atoms with van der Waals surface area (Å²) in [6.45, 7) is 2.02. The first-order valence-corrected chi connectivity index (χ1v) is 6.96. The minimum absolute atomic E-state index is 0.638. The topological polar surface area (TPSA) is 20.2 Å². The standard InChI is InChI=1S/C18H15ClO/c1-12-9-10-13-5-2-3-8-16(13)17(12)18(20)14-6-4-7-15(19)11-14/h2-11,18,20H,1H3/t18-/m0/s1. The van der Waals surface area contributed by atoms with Crippen LogP contribution in [0.5, 0.6) is 0 Å². The number of aryl methyl sites for hydroxylation is 1. The number of benzene rings is 3.